The number of amides is 1. The van der Waals surface area contributed by atoms with Gasteiger partial charge in [-0.15, -0.1) is 0 Å². The number of allylic oxidation sites excluding steroid dienone is 2. The molecule has 12 heteroatoms. The van der Waals surface area contributed by atoms with Gasteiger partial charge in [-0.1, -0.05) is 11.6 Å². The van der Waals surface area contributed by atoms with Gasteiger partial charge in [0.2, 0.25) is 5.88 Å². The number of ether oxygens (including phenoxy) is 1. The maximum Gasteiger partial charge on any atom is 0.270 e. The van der Waals surface area contributed by atoms with Crippen LogP contribution in [0.5, 0.6) is 5.88 Å². The molecular weight excluding hydrogens is 538 g/mol. The molecule has 0 saturated heterocycles. The van der Waals surface area contributed by atoms with Crippen molar-refractivity contribution >= 4 is 41.5 Å². The summed E-state index contributed by atoms with van der Waals surface area (Å²) in [5.74, 6) is 1.71. The number of aryl methyl sites for hydroxylation is 1. The van der Waals surface area contributed by atoms with Crippen LogP contribution in [-0.2, 0) is 0 Å². The third-order valence-electron chi connectivity index (χ3n) is 5.93. The molecule has 0 fully saturated rings. The van der Waals surface area contributed by atoms with Crippen molar-refractivity contribution in [2.24, 2.45) is 4.99 Å². The van der Waals surface area contributed by atoms with E-state index < -0.39 is 0 Å². The van der Waals surface area contributed by atoms with Crippen molar-refractivity contribution in [2.45, 2.75) is 26.8 Å². The van der Waals surface area contributed by atoms with Gasteiger partial charge in [-0.05, 0) is 63.3 Å². The number of nitrogens with zero attached hydrogens (tertiary/aromatic N) is 7. The Morgan fingerprint density at radius 3 is 2.61 bits per heavy atom. The summed E-state index contributed by atoms with van der Waals surface area (Å²) in [5, 5.41) is 15.1. The third kappa shape index (κ3) is 7.43. The predicted molar refractivity (Wildman–Crippen MR) is 159 cm³/mol. The van der Waals surface area contributed by atoms with Gasteiger partial charge in [0.05, 0.1) is 12.8 Å². The second-order valence-corrected chi connectivity index (χ2v) is 9.67. The highest BCUT2D eigenvalue weighted by molar-refractivity contribution is 7.06. The number of hydrogen-bond donors (Lipinski definition) is 2. The van der Waals surface area contributed by atoms with E-state index in [0.29, 0.717) is 39.5 Å². The molecule has 0 radical (unpaired) electrons. The molecule has 41 heavy (non-hydrogen) atoms. The lowest BCUT2D eigenvalue weighted by molar-refractivity contribution is 0.0940. The van der Waals surface area contributed by atoms with Crippen LogP contribution in [0.3, 0.4) is 0 Å². The number of methoxy groups -OCH3 is 1. The number of carbonyl (C=O) groups is 1. The summed E-state index contributed by atoms with van der Waals surface area (Å²) in [4.78, 5) is 35.0. The van der Waals surface area contributed by atoms with Gasteiger partial charge in [0.25, 0.3) is 5.91 Å². The minimum atomic E-state index is -0.313. The van der Waals surface area contributed by atoms with E-state index in [-0.39, 0.29) is 17.6 Å². The Balaban J connectivity index is 1.42. The average molecular weight is 566 g/mol. The number of aromatic nitrogens is 5. The van der Waals surface area contributed by atoms with Crippen molar-refractivity contribution in [2.75, 3.05) is 12.4 Å². The molecule has 0 aromatic carbocycles. The zero-order valence-corrected chi connectivity index (χ0v) is 23.7. The van der Waals surface area contributed by atoms with Crippen LogP contribution < -0.4 is 15.4 Å². The maximum atomic E-state index is 12.9. The minimum absolute atomic E-state index is 0.263. The van der Waals surface area contributed by atoms with Crippen LogP contribution in [0.1, 0.15) is 40.5 Å². The largest absolute Gasteiger partial charge is 0.481 e. The first-order valence-electron chi connectivity index (χ1n) is 12.4. The lowest BCUT2D eigenvalue weighted by atomic mass is 10.1. The molecule has 2 N–H and O–H groups in total. The van der Waals surface area contributed by atoms with Gasteiger partial charge in [0.15, 0.2) is 5.82 Å². The predicted octanol–water partition coefficient (Wildman–Crippen LogP) is 5.13. The van der Waals surface area contributed by atoms with E-state index in [1.165, 1.54) is 0 Å². The van der Waals surface area contributed by atoms with Crippen LogP contribution in [0.2, 0.25) is 0 Å². The normalized spacial score (nSPS) is 12.3. The molecule has 1 unspecified atom stereocenters. The standard InChI is InChI=1S/C29H27N9O2S/c1-17(6-9-23(31-4)20-8-11-27(40-5)33-15-20)19(3)35-29(39)24-10-7-21(16-32-24)28-34-18(2)12-25(37-28)36-26-13-22(14-30)41-38-26/h6-13,15-16,19H,4H2,1-3,5H3,(H,35,39)(H,34,36,37,38)/b17-6+,23-9-. The molecule has 1 atom stereocenters. The van der Waals surface area contributed by atoms with E-state index in [4.69, 9.17) is 10.00 Å². The van der Waals surface area contributed by atoms with E-state index >= 15 is 0 Å². The van der Waals surface area contributed by atoms with Crippen LogP contribution in [0, 0.1) is 18.3 Å². The summed E-state index contributed by atoms with van der Waals surface area (Å²) in [6.07, 6.45) is 6.92. The fourth-order valence-electron chi connectivity index (χ4n) is 3.57. The number of nitriles is 1. The van der Waals surface area contributed by atoms with Gasteiger partial charge >= 0.3 is 0 Å². The molecule has 4 heterocycles. The first-order chi connectivity index (χ1) is 19.8. The zero-order chi connectivity index (χ0) is 29.4. The average Bonchev–Trinajstić information content (AvgIpc) is 3.44. The quantitative estimate of drug-likeness (QED) is 0.197. The van der Waals surface area contributed by atoms with Gasteiger partial charge in [-0.2, -0.15) is 9.64 Å². The van der Waals surface area contributed by atoms with Crippen LogP contribution >= 0.6 is 11.5 Å². The summed E-state index contributed by atoms with van der Waals surface area (Å²) in [5.41, 5.74) is 3.99. The smallest absolute Gasteiger partial charge is 0.270 e. The van der Waals surface area contributed by atoms with E-state index in [9.17, 15) is 4.79 Å². The molecule has 0 saturated carbocycles. The van der Waals surface area contributed by atoms with Gasteiger partial charge in [0.1, 0.15) is 28.3 Å². The molecule has 0 aliphatic rings. The fraction of sp³-hybridized carbons (Fsp3) is 0.172. The summed E-state index contributed by atoms with van der Waals surface area (Å²) in [6.45, 7) is 9.29. The Kier molecular flexibility index (Phi) is 9.24. The van der Waals surface area contributed by atoms with Crippen molar-refractivity contribution in [1.82, 2.24) is 29.6 Å². The molecule has 4 aromatic rings. The van der Waals surface area contributed by atoms with Crippen molar-refractivity contribution in [3.63, 3.8) is 0 Å². The van der Waals surface area contributed by atoms with Gasteiger partial charge in [-0.25, -0.2) is 15.0 Å². The first-order valence-corrected chi connectivity index (χ1v) is 13.2. The van der Waals surface area contributed by atoms with Gasteiger partial charge in [0, 0.05) is 53.5 Å². The molecule has 0 aliphatic heterocycles. The second-order valence-electron chi connectivity index (χ2n) is 8.87. The van der Waals surface area contributed by atoms with Crippen molar-refractivity contribution < 1.29 is 9.53 Å². The molecule has 4 aromatic heterocycles. The van der Waals surface area contributed by atoms with Crippen LogP contribution in [-0.4, -0.2) is 50.1 Å². The zero-order valence-electron chi connectivity index (χ0n) is 22.9. The van der Waals surface area contributed by atoms with Crippen molar-refractivity contribution in [1.29, 1.82) is 5.26 Å². The number of pyridine rings is 2. The SMILES string of the molecule is C=N/C(=C\C=C(/C)C(C)NC(=O)c1ccc(-c2nc(C)cc(Nc3cc(C#N)sn3)n2)cn1)c1ccc(OC)nc1. The summed E-state index contributed by atoms with van der Waals surface area (Å²) < 4.78 is 9.29. The third-order valence-corrected chi connectivity index (χ3v) is 6.63. The highest BCUT2D eigenvalue weighted by Crippen LogP contribution is 2.22. The van der Waals surface area contributed by atoms with Gasteiger partial charge in [-0.3, -0.25) is 14.8 Å². The molecule has 11 nitrogen and oxygen atoms in total. The lowest BCUT2D eigenvalue weighted by Crippen LogP contribution is -2.33. The number of rotatable bonds is 10. The van der Waals surface area contributed by atoms with Crippen molar-refractivity contribution in [3.05, 3.63) is 88.3 Å². The molecule has 0 aliphatic carbocycles. The number of anilines is 2. The van der Waals surface area contributed by atoms with Crippen LogP contribution in [0.4, 0.5) is 11.6 Å². The van der Waals surface area contributed by atoms with E-state index in [1.54, 1.807) is 49.8 Å². The minimum Gasteiger partial charge on any atom is -0.481 e. The molecule has 0 bridgehead atoms. The van der Waals surface area contributed by atoms with E-state index in [1.807, 2.05) is 39.0 Å². The van der Waals surface area contributed by atoms with Crippen LogP contribution in [0.15, 0.2) is 71.5 Å². The number of nitrogens with one attached hydrogen (secondary N) is 2. The summed E-state index contributed by atoms with van der Waals surface area (Å²) in [7, 11) is 1.56. The number of carbonyl (C=O) groups excluding carboxylic acids is 1. The molecule has 1 amide bonds. The highest BCUT2D eigenvalue weighted by Gasteiger charge is 2.14. The topological polar surface area (TPSA) is 151 Å². The Morgan fingerprint density at radius 2 is 1.98 bits per heavy atom. The molecule has 206 valence electrons. The molecular formula is C29H27N9O2S. The van der Waals surface area contributed by atoms with E-state index in [0.717, 1.165) is 28.4 Å². The second kappa shape index (κ2) is 13.2. The summed E-state index contributed by atoms with van der Waals surface area (Å²) in [6, 6.07) is 12.2. The maximum absolute atomic E-state index is 12.9. The molecule has 4 rings (SSSR count). The van der Waals surface area contributed by atoms with E-state index in [2.05, 4.69) is 52.7 Å². The Hall–Kier alpha value is -5.28. The monoisotopic (exact) mass is 565 g/mol. The van der Waals surface area contributed by atoms with Crippen molar-refractivity contribution in [3.8, 4) is 23.3 Å². The fourth-order valence-corrected chi connectivity index (χ4v) is 4.07. The molecule has 0 spiro atoms. The number of hydrogen-bond acceptors (Lipinski definition) is 11. The Morgan fingerprint density at radius 1 is 1.15 bits per heavy atom. The highest BCUT2D eigenvalue weighted by atomic mass is 32.1. The Labute approximate surface area is 241 Å². The van der Waals surface area contributed by atoms with Gasteiger partial charge < -0.3 is 15.4 Å². The summed E-state index contributed by atoms with van der Waals surface area (Å²) >= 11 is 1.10. The van der Waals surface area contributed by atoms with Crippen LogP contribution in [0.25, 0.3) is 17.1 Å². The Bertz CT molecular complexity index is 1650. The lowest BCUT2D eigenvalue weighted by Gasteiger charge is -2.14. The number of aliphatic imine (C=N–C) groups is 1. The first kappa shape index (κ1) is 28.7.